The summed E-state index contributed by atoms with van der Waals surface area (Å²) in [4.78, 5) is 25.7. The van der Waals surface area contributed by atoms with Gasteiger partial charge in [-0.1, -0.05) is 58.8 Å². The van der Waals surface area contributed by atoms with Crippen LogP contribution in [0.15, 0.2) is 100 Å². The van der Waals surface area contributed by atoms with Crippen LogP contribution in [0.25, 0.3) is 20.9 Å². The van der Waals surface area contributed by atoms with Gasteiger partial charge in [0, 0.05) is 58.3 Å². The number of carbonyl (C=O) groups is 1. The predicted molar refractivity (Wildman–Crippen MR) is 192 cm³/mol. The van der Waals surface area contributed by atoms with E-state index in [4.69, 9.17) is 33.8 Å². The molecule has 1 aliphatic heterocycles. The molecule has 0 fully saturated rings. The number of aliphatic imine (C=N–C) groups is 1. The number of nitrogens with one attached hydrogen (secondary N) is 2. The van der Waals surface area contributed by atoms with Gasteiger partial charge in [-0.25, -0.2) is 10.4 Å². The summed E-state index contributed by atoms with van der Waals surface area (Å²) in [5.41, 5.74) is 25.6. The van der Waals surface area contributed by atoms with E-state index in [1.807, 2.05) is 0 Å². The molecule has 1 heterocycles. The summed E-state index contributed by atoms with van der Waals surface area (Å²) in [6.07, 6.45) is -0.723. The highest BCUT2D eigenvalue weighted by Crippen LogP contribution is 2.46. The molecule has 0 spiro atoms. The number of carbonyl (C=O) groups excluding carboxylic acids is 1. The van der Waals surface area contributed by atoms with Crippen molar-refractivity contribution in [2.24, 2.45) is 15.2 Å². The quantitative estimate of drug-likeness (QED) is 0.0353. The fourth-order valence-corrected chi connectivity index (χ4v) is 5.78. The molecule has 5 rings (SSSR count). The second-order valence-corrected chi connectivity index (χ2v) is 11.4. The van der Waals surface area contributed by atoms with Gasteiger partial charge >= 0.3 is 0 Å². The first kappa shape index (κ1) is 36.8. The van der Waals surface area contributed by atoms with E-state index in [1.165, 1.54) is 21.3 Å². The Labute approximate surface area is 299 Å². The molecular formula is C36H37N9O7. The molecular weight excluding hydrogens is 670 g/mol. The molecule has 0 aliphatic carbocycles. The predicted octanol–water partition coefficient (Wildman–Crippen LogP) is 6.68. The highest BCUT2D eigenvalue weighted by Gasteiger charge is 2.54. The molecule has 0 unspecified atom stereocenters. The largest absolute Gasteiger partial charge is 0.494 e. The topological polar surface area (TPSA) is 217 Å². The molecule has 16 heteroatoms. The van der Waals surface area contributed by atoms with Gasteiger partial charge in [-0.15, -0.1) is 0 Å². The fourth-order valence-electron chi connectivity index (χ4n) is 5.78. The van der Waals surface area contributed by atoms with Gasteiger partial charge in [0.15, 0.2) is 23.1 Å². The summed E-state index contributed by atoms with van der Waals surface area (Å²) in [5.74, 6) is 1.43. The number of hydrogen-bond donors (Lipinski definition) is 3. The highest BCUT2D eigenvalue weighted by atomic mass is 16.5. The number of hydrogen-bond acceptors (Lipinski definition) is 11. The third kappa shape index (κ3) is 8.12. The summed E-state index contributed by atoms with van der Waals surface area (Å²) in [6.45, 7) is 0.483. The molecule has 2 atom stereocenters. The average molecular weight is 708 g/mol. The van der Waals surface area contributed by atoms with Gasteiger partial charge in [0.2, 0.25) is 11.6 Å². The molecule has 4 aromatic carbocycles. The molecule has 0 radical (unpaired) electrons. The summed E-state index contributed by atoms with van der Waals surface area (Å²) in [7, 11) is 4.53. The first-order valence-corrected chi connectivity index (χ1v) is 16.1. The van der Waals surface area contributed by atoms with Crippen LogP contribution in [0.4, 0.5) is 11.4 Å². The van der Waals surface area contributed by atoms with Crippen molar-refractivity contribution < 1.29 is 33.6 Å². The Bertz CT molecular complexity index is 1990. The third-order valence-electron chi connectivity index (χ3n) is 8.22. The molecule has 0 aromatic heterocycles. The van der Waals surface area contributed by atoms with E-state index in [9.17, 15) is 15.9 Å². The Morgan fingerprint density at radius 1 is 0.923 bits per heavy atom. The molecule has 268 valence electrons. The summed E-state index contributed by atoms with van der Waals surface area (Å²) >= 11 is 0. The van der Waals surface area contributed by atoms with Crippen molar-refractivity contribution in [1.82, 2.24) is 10.9 Å². The van der Waals surface area contributed by atoms with Crippen molar-refractivity contribution in [3.8, 4) is 23.0 Å². The standard InChI is InChI=1S/C36H37N9O7/c1-48-30-19-23(20-31(49-2)32(30)50-3)22-39-43-35(47)36(21-25-9-4-6-11-28(25)41-44-37)33(27-10-5-7-12-29(27)42-45-38)52-34(40-36)24-13-15-26(16-14-24)51-18-8-17-46/h4-7,9-16,19-20,33,39,46H,8,17-18,21-22H2,1-3H3,(H,43,47)/t33-,36-/m0/s1. The van der Waals surface area contributed by atoms with Crippen molar-refractivity contribution in [2.75, 3.05) is 34.5 Å². The van der Waals surface area contributed by atoms with Crippen LogP contribution in [0.2, 0.25) is 0 Å². The zero-order valence-electron chi connectivity index (χ0n) is 28.7. The van der Waals surface area contributed by atoms with Gasteiger partial charge in [-0.05, 0) is 58.6 Å². The number of amides is 1. The molecule has 1 aliphatic rings. The summed E-state index contributed by atoms with van der Waals surface area (Å²) in [5, 5.41) is 16.9. The van der Waals surface area contributed by atoms with Crippen LogP contribution in [-0.4, -0.2) is 57.0 Å². The van der Waals surface area contributed by atoms with E-state index in [-0.39, 0.29) is 31.2 Å². The average Bonchev–Trinajstić information content (AvgIpc) is 3.56. The number of nitrogens with zero attached hydrogens (tertiary/aromatic N) is 7. The van der Waals surface area contributed by atoms with Gasteiger partial charge in [0.05, 0.1) is 27.9 Å². The maximum absolute atomic E-state index is 14.7. The van der Waals surface area contributed by atoms with Crippen LogP contribution < -0.4 is 29.8 Å². The van der Waals surface area contributed by atoms with Crippen molar-refractivity contribution in [1.29, 1.82) is 0 Å². The lowest BCUT2D eigenvalue weighted by Gasteiger charge is -2.31. The van der Waals surface area contributed by atoms with E-state index >= 15 is 0 Å². The second kappa shape index (κ2) is 17.5. The number of ether oxygens (including phenoxy) is 5. The zero-order chi connectivity index (χ0) is 36.9. The Morgan fingerprint density at radius 2 is 1.58 bits per heavy atom. The van der Waals surface area contributed by atoms with Crippen molar-refractivity contribution in [2.45, 2.75) is 31.0 Å². The molecule has 1 amide bonds. The van der Waals surface area contributed by atoms with Crippen LogP contribution in [-0.2, 0) is 22.5 Å². The Morgan fingerprint density at radius 3 is 2.23 bits per heavy atom. The Kier molecular flexibility index (Phi) is 12.4. The third-order valence-corrected chi connectivity index (χ3v) is 8.22. The fraction of sp³-hybridized carbons (Fsp3) is 0.278. The number of aliphatic hydroxyl groups excluding tert-OH is 1. The minimum Gasteiger partial charge on any atom is -0.494 e. The van der Waals surface area contributed by atoms with Crippen LogP contribution in [0.3, 0.4) is 0 Å². The lowest BCUT2D eigenvalue weighted by molar-refractivity contribution is -0.130. The minimum absolute atomic E-state index is 0.00569. The number of rotatable bonds is 17. The number of hydrazine groups is 1. The van der Waals surface area contributed by atoms with Crippen LogP contribution in [0, 0.1) is 0 Å². The maximum Gasteiger partial charge on any atom is 0.266 e. The molecule has 52 heavy (non-hydrogen) atoms. The molecule has 3 N–H and O–H groups in total. The van der Waals surface area contributed by atoms with E-state index in [0.29, 0.717) is 64.0 Å². The van der Waals surface area contributed by atoms with Crippen LogP contribution >= 0.6 is 0 Å². The summed E-state index contributed by atoms with van der Waals surface area (Å²) < 4.78 is 28.7. The van der Waals surface area contributed by atoms with E-state index in [1.54, 1.807) is 84.9 Å². The number of methoxy groups -OCH3 is 3. The molecule has 0 saturated carbocycles. The van der Waals surface area contributed by atoms with Crippen molar-refractivity contribution in [3.05, 3.63) is 128 Å². The Hall–Kier alpha value is -6.44. The highest BCUT2D eigenvalue weighted by molar-refractivity contribution is 6.01. The van der Waals surface area contributed by atoms with Crippen LogP contribution in [0.1, 0.15) is 34.8 Å². The smallest absolute Gasteiger partial charge is 0.266 e. The normalized spacial score (nSPS) is 16.0. The lowest BCUT2D eigenvalue weighted by Crippen LogP contribution is -2.53. The van der Waals surface area contributed by atoms with Gasteiger partial charge in [0.1, 0.15) is 5.75 Å². The molecule has 16 nitrogen and oxygen atoms in total. The number of benzene rings is 4. The van der Waals surface area contributed by atoms with Gasteiger partial charge in [-0.2, -0.15) is 0 Å². The first-order valence-electron chi connectivity index (χ1n) is 16.1. The SMILES string of the molecule is COc1cc(CNNC(=O)[C@@]2(Cc3ccccc3N=[N+]=[N-])N=C(c3ccc(OCCCO)cc3)O[C@H]2c2ccccc2N=[N+]=[N-])cc(OC)c1OC. The van der Waals surface area contributed by atoms with Crippen LogP contribution in [0.5, 0.6) is 23.0 Å². The minimum atomic E-state index is -1.74. The van der Waals surface area contributed by atoms with E-state index in [2.05, 4.69) is 30.9 Å². The van der Waals surface area contributed by atoms with Crippen molar-refractivity contribution >= 4 is 23.2 Å². The lowest BCUT2D eigenvalue weighted by atomic mass is 9.81. The van der Waals surface area contributed by atoms with E-state index < -0.39 is 17.6 Å². The molecule has 4 aromatic rings. The Balaban J connectivity index is 1.59. The zero-order valence-corrected chi connectivity index (χ0v) is 28.7. The summed E-state index contributed by atoms with van der Waals surface area (Å²) in [6, 6.07) is 24.1. The van der Waals surface area contributed by atoms with Gasteiger partial charge in [0.25, 0.3) is 5.91 Å². The molecule has 0 saturated heterocycles. The second-order valence-electron chi connectivity index (χ2n) is 11.4. The van der Waals surface area contributed by atoms with Crippen molar-refractivity contribution in [3.63, 3.8) is 0 Å². The maximum atomic E-state index is 14.7. The molecule has 0 bridgehead atoms. The monoisotopic (exact) mass is 707 g/mol. The number of aliphatic hydroxyl groups is 1. The van der Waals surface area contributed by atoms with Gasteiger partial charge < -0.3 is 28.8 Å². The van der Waals surface area contributed by atoms with Gasteiger partial charge in [-0.3, -0.25) is 10.2 Å². The first-order chi connectivity index (χ1) is 25.4. The van der Waals surface area contributed by atoms with E-state index in [0.717, 1.165) is 0 Å². The number of azide groups is 2.